The topological polar surface area (TPSA) is 99.1 Å². The average molecular weight is 667 g/mol. The molecule has 1 aliphatic heterocycles. The maximum Gasteiger partial charge on any atom is 0.306 e. The van der Waals surface area contributed by atoms with E-state index in [-0.39, 0.29) is 47.3 Å². The first-order valence-corrected chi connectivity index (χ1v) is 19.4. The van der Waals surface area contributed by atoms with Crippen LogP contribution in [0.4, 0.5) is 0 Å². The Morgan fingerprint density at radius 2 is 1.71 bits per heavy atom. The quantitative estimate of drug-likeness (QED) is 0.0889. The monoisotopic (exact) mass is 666 g/mol. The Morgan fingerprint density at radius 1 is 1.00 bits per heavy atom. The van der Waals surface area contributed by atoms with E-state index in [4.69, 9.17) is 14.2 Å². The van der Waals surface area contributed by atoms with Crippen LogP contribution < -0.4 is 0 Å². The van der Waals surface area contributed by atoms with Crippen molar-refractivity contribution < 1.29 is 33.7 Å². The summed E-state index contributed by atoms with van der Waals surface area (Å²) >= 11 is 0. The first-order valence-electron chi connectivity index (χ1n) is 19.4. The summed E-state index contributed by atoms with van der Waals surface area (Å²) in [7, 11) is 0. The first kappa shape index (κ1) is 37.2. The third-order valence-electron chi connectivity index (χ3n) is 12.7. The summed E-state index contributed by atoms with van der Waals surface area (Å²) in [4.78, 5) is 39.3. The van der Waals surface area contributed by atoms with Crippen LogP contribution >= 0.6 is 0 Å². The van der Waals surface area contributed by atoms with Gasteiger partial charge in [-0.15, -0.1) is 0 Å². The van der Waals surface area contributed by atoms with Crippen LogP contribution in [-0.2, 0) is 28.6 Å². The second kappa shape index (κ2) is 16.3. The number of carbonyl (C=O) groups is 3. The van der Waals surface area contributed by atoms with Crippen LogP contribution in [0, 0.1) is 28.6 Å². The van der Waals surface area contributed by atoms with Gasteiger partial charge in [0.05, 0.1) is 12.2 Å². The van der Waals surface area contributed by atoms with Crippen molar-refractivity contribution in [2.24, 2.45) is 28.6 Å². The molecule has 5 aliphatic rings. The molecule has 1 heterocycles. The van der Waals surface area contributed by atoms with Gasteiger partial charge in [-0.25, -0.2) is 0 Å². The normalized spacial score (nSPS) is 36.8. The highest BCUT2D eigenvalue weighted by Gasteiger charge is 2.75. The van der Waals surface area contributed by atoms with Crippen LogP contribution in [0.5, 0.6) is 0 Å². The van der Waals surface area contributed by atoms with Crippen LogP contribution in [-0.4, -0.2) is 53.3 Å². The van der Waals surface area contributed by atoms with Gasteiger partial charge in [0.15, 0.2) is 24.3 Å². The minimum absolute atomic E-state index is 0.0149. The lowest BCUT2D eigenvalue weighted by Crippen LogP contribution is -2.63. The SMILES string of the molecule is CCCCCC/C=C/CCCCCCCC(=O)OCC(=O)C12OC(CCC)OC1CC1C3CCC4=CC(=O)C=CC4(C)C3C(O)CC12C. The van der Waals surface area contributed by atoms with Crippen molar-refractivity contribution in [3.05, 3.63) is 36.0 Å². The summed E-state index contributed by atoms with van der Waals surface area (Å²) in [5, 5.41) is 11.9. The molecule has 4 aliphatic carbocycles. The van der Waals surface area contributed by atoms with Crippen molar-refractivity contribution in [1.82, 2.24) is 0 Å². The molecular formula is C41H62O7. The van der Waals surface area contributed by atoms with Gasteiger partial charge < -0.3 is 19.3 Å². The van der Waals surface area contributed by atoms with E-state index in [1.54, 1.807) is 12.2 Å². The number of ether oxygens (including phenoxy) is 3. The van der Waals surface area contributed by atoms with Crippen molar-refractivity contribution in [1.29, 1.82) is 0 Å². The van der Waals surface area contributed by atoms with E-state index in [2.05, 4.69) is 39.8 Å². The smallest absolute Gasteiger partial charge is 0.306 e. The summed E-state index contributed by atoms with van der Waals surface area (Å²) in [5.41, 5.74) is -1.21. The Balaban J connectivity index is 1.15. The van der Waals surface area contributed by atoms with Gasteiger partial charge in [0.25, 0.3) is 0 Å². The molecule has 4 fully saturated rings. The Bertz CT molecular complexity index is 1240. The molecule has 0 aromatic rings. The number of unbranched alkanes of at least 4 members (excludes halogenated alkanes) is 9. The van der Waals surface area contributed by atoms with Crippen LogP contribution in [0.1, 0.15) is 143 Å². The van der Waals surface area contributed by atoms with Gasteiger partial charge in [-0.2, -0.15) is 0 Å². The predicted molar refractivity (Wildman–Crippen MR) is 187 cm³/mol. The zero-order valence-corrected chi connectivity index (χ0v) is 30.2. The van der Waals surface area contributed by atoms with Crippen molar-refractivity contribution in [2.45, 2.75) is 167 Å². The van der Waals surface area contributed by atoms with Crippen molar-refractivity contribution in [3.63, 3.8) is 0 Å². The first-order chi connectivity index (χ1) is 23.1. The molecule has 0 aromatic carbocycles. The highest BCUT2D eigenvalue weighted by atomic mass is 16.7. The third-order valence-corrected chi connectivity index (χ3v) is 12.7. The Kier molecular flexibility index (Phi) is 12.6. The molecule has 5 rings (SSSR count). The zero-order chi connectivity index (χ0) is 34.4. The summed E-state index contributed by atoms with van der Waals surface area (Å²) in [6.07, 6.45) is 25.7. The molecule has 9 unspecified atom stereocenters. The highest BCUT2D eigenvalue weighted by Crippen LogP contribution is 2.69. The van der Waals surface area contributed by atoms with E-state index in [1.807, 2.05) is 6.08 Å². The van der Waals surface area contributed by atoms with Crippen molar-refractivity contribution in [2.75, 3.05) is 6.61 Å². The standard InChI is InChI=1S/C41H62O7/c1-5-7-8-9-10-11-12-13-14-15-16-17-18-20-36(45)46-28-34(44)41-35(47-37(48-41)19-6-2)26-32-31-22-21-29-25-30(42)23-24-39(29,3)38(31)33(43)27-40(32,41)4/h11-12,23-25,31-33,35,37-38,43H,5-10,13-22,26-28H2,1-4H3/b12-11+. The fraction of sp³-hybridized carbons (Fsp3) is 0.780. The minimum Gasteiger partial charge on any atom is -0.458 e. The second-order valence-corrected chi connectivity index (χ2v) is 15.9. The summed E-state index contributed by atoms with van der Waals surface area (Å²) in [6.45, 7) is 8.24. The number of esters is 1. The number of Topliss-reactive ketones (excluding diaryl/α,β-unsaturated/α-hetero) is 1. The predicted octanol–water partition coefficient (Wildman–Crippen LogP) is 8.53. The molecule has 9 atom stereocenters. The van der Waals surface area contributed by atoms with Gasteiger partial charge in [-0.05, 0) is 88.2 Å². The maximum atomic E-state index is 14.3. The lowest BCUT2D eigenvalue weighted by Gasteiger charge is -2.59. The van der Waals surface area contributed by atoms with Gasteiger partial charge in [0, 0.05) is 23.2 Å². The molecule has 0 radical (unpaired) electrons. The number of hydrogen-bond acceptors (Lipinski definition) is 7. The molecule has 0 bridgehead atoms. The number of aliphatic hydroxyl groups excluding tert-OH is 1. The van der Waals surface area contributed by atoms with Gasteiger partial charge in [0.2, 0.25) is 5.78 Å². The van der Waals surface area contributed by atoms with Crippen LogP contribution in [0.15, 0.2) is 36.0 Å². The molecule has 7 nitrogen and oxygen atoms in total. The van der Waals surface area contributed by atoms with Gasteiger partial charge in [-0.1, -0.05) is 96.4 Å². The molecule has 7 heteroatoms. The van der Waals surface area contributed by atoms with Gasteiger partial charge >= 0.3 is 5.97 Å². The Labute approximate surface area is 289 Å². The lowest BCUT2D eigenvalue weighted by atomic mass is 9.46. The molecule has 0 aromatic heterocycles. The average Bonchev–Trinajstić information content (AvgIpc) is 3.54. The molecule has 0 amide bonds. The molecule has 1 N–H and O–H groups in total. The van der Waals surface area contributed by atoms with E-state index in [1.165, 1.54) is 38.5 Å². The number of rotatable bonds is 18. The van der Waals surface area contributed by atoms with Crippen molar-refractivity contribution in [3.8, 4) is 0 Å². The number of hydrogen-bond donors (Lipinski definition) is 1. The molecule has 3 saturated carbocycles. The third kappa shape index (κ3) is 7.35. The Morgan fingerprint density at radius 3 is 2.44 bits per heavy atom. The highest BCUT2D eigenvalue weighted by molar-refractivity contribution is 6.01. The number of aliphatic hydroxyl groups is 1. The number of allylic oxidation sites excluding steroid dienone is 6. The fourth-order valence-corrected chi connectivity index (χ4v) is 10.3. The molecule has 1 saturated heterocycles. The lowest BCUT2D eigenvalue weighted by molar-refractivity contribution is -0.201. The fourth-order valence-electron chi connectivity index (χ4n) is 10.3. The second-order valence-electron chi connectivity index (χ2n) is 15.9. The van der Waals surface area contributed by atoms with Gasteiger partial charge in [0.1, 0.15) is 0 Å². The Hall–Kier alpha value is -2.09. The summed E-state index contributed by atoms with van der Waals surface area (Å²) < 4.78 is 18.8. The molecule has 0 spiro atoms. The number of fused-ring (bicyclic) bond motifs is 7. The zero-order valence-electron chi connectivity index (χ0n) is 30.2. The van der Waals surface area contributed by atoms with E-state index >= 15 is 0 Å². The molecule has 48 heavy (non-hydrogen) atoms. The van der Waals surface area contributed by atoms with E-state index in [0.29, 0.717) is 25.7 Å². The molecule has 268 valence electrons. The summed E-state index contributed by atoms with van der Waals surface area (Å²) in [5.74, 6) is -0.357. The van der Waals surface area contributed by atoms with E-state index in [9.17, 15) is 19.5 Å². The van der Waals surface area contributed by atoms with Crippen LogP contribution in [0.25, 0.3) is 0 Å². The van der Waals surface area contributed by atoms with E-state index < -0.39 is 29.5 Å². The largest absolute Gasteiger partial charge is 0.458 e. The summed E-state index contributed by atoms with van der Waals surface area (Å²) in [6, 6.07) is 0. The number of carbonyl (C=O) groups excluding carboxylic acids is 3. The minimum atomic E-state index is -1.26. The number of ketones is 2. The van der Waals surface area contributed by atoms with Crippen LogP contribution in [0.3, 0.4) is 0 Å². The molecular weight excluding hydrogens is 604 g/mol. The van der Waals surface area contributed by atoms with Gasteiger partial charge in [-0.3, -0.25) is 14.4 Å². The maximum absolute atomic E-state index is 14.3. The van der Waals surface area contributed by atoms with E-state index in [0.717, 1.165) is 56.9 Å². The van der Waals surface area contributed by atoms with Crippen LogP contribution in [0.2, 0.25) is 0 Å². The van der Waals surface area contributed by atoms with Crippen molar-refractivity contribution >= 4 is 17.5 Å².